The molecule has 12 heteroatoms. The van der Waals surface area contributed by atoms with Gasteiger partial charge in [-0.1, -0.05) is 0 Å². The van der Waals surface area contributed by atoms with Crippen LogP contribution in [0.5, 0.6) is 0 Å². The SMILES string of the molecule is O=C(NCc1ccc[nH+]c1)Nc1ccc([N+](=O)[O-])cc1.[O-][Cl+3]([O-])([O-])[O-]. The summed E-state index contributed by atoms with van der Waals surface area (Å²) in [5, 5.41) is 15.8. The molecule has 2 rings (SSSR count). The lowest BCUT2D eigenvalue weighted by Gasteiger charge is -2.17. The first-order chi connectivity index (χ1) is 11.6. The van der Waals surface area contributed by atoms with Crippen LogP contribution < -0.4 is 34.3 Å². The fourth-order valence-corrected chi connectivity index (χ4v) is 1.56. The average molecular weight is 373 g/mol. The smallest absolute Gasteiger partial charge is 0.319 e. The van der Waals surface area contributed by atoms with Gasteiger partial charge in [0.05, 0.1) is 11.5 Å². The van der Waals surface area contributed by atoms with E-state index in [2.05, 4.69) is 15.6 Å². The molecule has 0 saturated heterocycles. The van der Waals surface area contributed by atoms with Crippen LogP contribution in [0.25, 0.3) is 0 Å². The lowest BCUT2D eigenvalue weighted by atomic mass is 10.3. The van der Waals surface area contributed by atoms with Gasteiger partial charge in [-0.05, 0) is 18.2 Å². The van der Waals surface area contributed by atoms with Crippen LogP contribution in [0.1, 0.15) is 5.56 Å². The number of H-pyrrole nitrogens is 1. The second-order valence-electron chi connectivity index (χ2n) is 4.40. The number of nitrogens with one attached hydrogen (secondary N) is 3. The van der Waals surface area contributed by atoms with E-state index in [1.165, 1.54) is 24.3 Å². The van der Waals surface area contributed by atoms with Crippen molar-refractivity contribution in [2.75, 3.05) is 5.32 Å². The van der Waals surface area contributed by atoms with Crippen LogP contribution in [0.2, 0.25) is 0 Å². The molecule has 1 aromatic carbocycles. The number of hydrogen-bond acceptors (Lipinski definition) is 7. The van der Waals surface area contributed by atoms with Crippen LogP contribution in [-0.4, -0.2) is 11.0 Å². The molecule has 0 aliphatic heterocycles. The van der Waals surface area contributed by atoms with Gasteiger partial charge in [0.2, 0.25) is 0 Å². The van der Waals surface area contributed by atoms with Gasteiger partial charge in [-0.15, -0.1) is 10.2 Å². The first-order valence-corrected chi connectivity index (χ1v) is 7.74. The van der Waals surface area contributed by atoms with Crippen LogP contribution in [0.4, 0.5) is 16.2 Å². The van der Waals surface area contributed by atoms with Crippen LogP contribution in [-0.2, 0) is 6.54 Å². The van der Waals surface area contributed by atoms with Gasteiger partial charge in [-0.2, -0.15) is 0 Å². The number of carbonyl (C=O) groups is 1. The van der Waals surface area contributed by atoms with E-state index in [0.29, 0.717) is 12.2 Å². The third kappa shape index (κ3) is 9.80. The predicted molar refractivity (Wildman–Crippen MR) is 72.0 cm³/mol. The van der Waals surface area contributed by atoms with E-state index in [4.69, 9.17) is 18.6 Å². The number of nitrogens with zero attached hydrogens (tertiary/aromatic N) is 1. The van der Waals surface area contributed by atoms with Crippen molar-refractivity contribution in [3.05, 3.63) is 64.5 Å². The van der Waals surface area contributed by atoms with Crippen LogP contribution >= 0.6 is 0 Å². The highest BCUT2D eigenvalue weighted by Crippen LogP contribution is 2.15. The Bertz CT molecular complexity index is 686. The van der Waals surface area contributed by atoms with Crippen molar-refractivity contribution in [3.63, 3.8) is 0 Å². The Labute approximate surface area is 143 Å². The molecule has 25 heavy (non-hydrogen) atoms. The maximum atomic E-state index is 11.6. The summed E-state index contributed by atoms with van der Waals surface area (Å²) in [5.41, 5.74) is 1.41. The van der Waals surface area contributed by atoms with Crippen molar-refractivity contribution >= 4 is 17.4 Å². The highest BCUT2D eigenvalue weighted by Gasteiger charge is 2.06. The molecule has 0 unspecified atom stereocenters. The Morgan fingerprint density at radius 1 is 1.12 bits per heavy atom. The van der Waals surface area contributed by atoms with Gasteiger partial charge in [-0.3, -0.25) is 10.1 Å². The first-order valence-electron chi connectivity index (χ1n) is 6.51. The van der Waals surface area contributed by atoms with E-state index in [-0.39, 0.29) is 11.7 Å². The molecule has 0 saturated carbocycles. The van der Waals surface area contributed by atoms with E-state index in [1.807, 2.05) is 12.1 Å². The van der Waals surface area contributed by atoms with Gasteiger partial charge in [-0.25, -0.2) is 28.4 Å². The van der Waals surface area contributed by atoms with E-state index in [9.17, 15) is 14.9 Å². The number of amides is 2. The number of carbonyl (C=O) groups excluding carboxylic acids is 1. The minimum atomic E-state index is -4.94. The Kier molecular flexibility index (Phi) is 7.65. The molecule has 0 radical (unpaired) electrons. The zero-order chi connectivity index (χ0) is 18.9. The second kappa shape index (κ2) is 9.46. The molecule has 0 aliphatic rings. The summed E-state index contributed by atoms with van der Waals surface area (Å²) in [5.74, 6) is 0. The van der Waals surface area contributed by atoms with Gasteiger partial charge >= 0.3 is 6.03 Å². The number of halogens is 1. The molecule has 0 fully saturated rings. The number of nitro benzene ring substituents is 1. The third-order valence-corrected chi connectivity index (χ3v) is 2.56. The third-order valence-electron chi connectivity index (χ3n) is 2.56. The lowest BCUT2D eigenvalue weighted by molar-refractivity contribution is -2.00. The number of rotatable bonds is 4. The minimum Gasteiger partial charge on any atom is -0.334 e. The van der Waals surface area contributed by atoms with E-state index in [1.54, 1.807) is 12.4 Å². The zero-order valence-electron chi connectivity index (χ0n) is 12.5. The standard InChI is InChI=1S/C13H12N4O3.ClHO4/c18-13(15-9-10-2-1-7-14-8-10)16-11-3-5-12(6-4-11)17(19)20;2-1(3,4)5/h1-8H,9H2,(H2,15,16,18);(H,2,3,4,5). The minimum absolute atomic E-state index is 0.0178. The van der Waals surface area contributed by atoms with Gasteiger partial charge in [0.15, 0.2) is 12.4 Å². The normalized spacial score (nSPS) is 10.2. The maximum Gasteiger partial charge on any atom is 0.319 e. The summed E-state index contributed by atoms with van der Waals surface area (Å²) in [4.78, 5) is 24.6. The summed E-state index contributed by atoms with van der Waals surface area (Å²) < 4.78 is 34.0. The van der Waals surface area contributed by atoms with Crippen LogP contribution in [0.3, 0.4) is 0 Å². The quantitative estimate of drug-likeness (QED) is 0.421. The molecule has 0 bridgehead atoms. The van der Waals surface area contributed by atoms with Gasteiger partial charge in [0, 0.05) is 29.4 Å². The highest BCUT2D eigenvalue weighted by molar-refractivity contribution is 5.89. The van der Waals surface area contributed by atoms with Crippen molar-refractivity contribution in [3.8, 4) is 0 Å². The number of urea groups is 1. The van der Waals surface area contributed by atoms with Crippen molar-refractivity contribution in [2.45, 2.75) is 6.54 Å². The summed E-state index contributed by atoms with van der Waals surface area (Å²) >= 11 is 0. The number of anilines is 1. The molecule has 11 nitrogen and oxygen atoms in total. The Hall–Kier alpha value is -2.83. The number of benzene rings is 1. The lowest BCUT2D eigenvalue weighted by Crippen LogP contribution is -2.68. The molecular formula is C13H13ClN4O7. The van der Waals surface area contributed by atoms with Crippen LogP contribution in [0.15, 0.2) is 48.8 Å². The molecule has 2 aromatic rings. The molecule has 2 amide bonds. The Morgan fingerprint density at radius 2 is 1.72 bits per heavy atom. The summed E-state index contributed by atoms with van der Waals surface area (Å²) in [6.45, 7) is 0.385. The number of nitro groups is 1. The Balaban J connectivity index is 0.000000550. The highest BCUT2D eigenvalue weighted by atomic mass is 35.7. The molecular weight excluding hydrogens is 360 g/mol. The number of aromatic amines is 1. The van der Waals surface area contributed by atoms with E-state index in [0.717, 1.165) is 5.56 Å². The number of aromatic nitrogens is 1. The van der Waals surface area contributed by atoms with E-state index >= 15 is 0 Å². The molecule has 3 N–H and O–H groups in total. The van der Waals surface area contributed by atoms with Crippen molar-refractivity contribution in [2.24, 2.45) is 0 Å². The topological polar surface area (TPSA) is 191 Å². The maximum absolute atomic E-state index is 11.6. The van der Waals surface area contributed by atoms with E-state index < -0.39 is 15.2 Å². The fourth-order valence-electron chi connectivity index (χ4n) is 1.56. The number of non-ortho nitro benzene ring substituents is 1. The molecule has 134 valence electrons. The molecule has 0 aliphatic carbocycles. The molecule has 0 atom stereocenters. The van der Waals surface area contributed by atoms with Crippen molar-refractivity contribution in [1.29, 1.82) is 0 Å². The molecule has 0 spiro atoms. The van der Waals surface area contributed by atoms with Gasteiger partial charge in [0.1, 0.15) is 0 Å². The van der Waals surface area contributed by atoms with Crippen molar-refractivity contribution in [1.82, 2.24) is 5.32 Å². The van der Waals surface area contributed by atoms with Gasteiger partial charge < -0.3 is 10.6 Å². The summed E-state index contributed by atoms with van der Waals surface area (Å²) in [6.07, 6.45) is 3.56. The summed E-state index contributed by atoms with van der Waals surface area (Å²) in [6, 6.07) is 8.97. The monoisotopic (exact) mass is 372 g/mol. The van der Waals surface area contributed by atoms with Crippen LogP contribution in [0, 0.1) is 20.4 Å². The fraction of sp³-hybridized carbons (Fsp3) is 0.0769. The average Bonchev–Trinajstić information content (AvgIpc) is 2.53. The number of pyridine rings is 1. The number of hydrogen-bond donors (Lipinski definition) is 2. The first kappa shape index (κ1) is 20.2. The predicted octanol–water partition coefficient (Wildman–Crippen LogP) is -3.03. The zero-order valence-corrected chi connectivity index (χ0v) is 13.3. The van der Waals surface area contributed by atoms with Gasteiger partial charge in [0.25, 0.3) is 5.69 Å². The summed E-state index contributed by atoms with van der Waals surface area (Å²) in [7, 11) is -4.94. The molecule has 1 aromatic heterocycles. The Morgan fingerprint density at radius 3 is 2.20 bits per heavy atom. The largest absolute Gasteiger partial charge is 0.334 e. The molecule has 1 heterocycles. The second-order valence-corrected chi connectivity index (χ2v) is 5.16. The van der Waals surface area contributed by atoms with Crippen molar-refractivity contribution < 1.29 is 43.6 Å².